The molecule has 1 saturated heterocycles. The maximum Gasteiger partial charge on any atom is 0.338 e. The summed E-state index contributed by atoms with van der Waals surface area (Å²) in [6.07, 6.45) is 1.21. The molecule has 3 atom stereocenters. The highest BCUT2D eigenvalue weighted by Crippen LogP contribution is 2.48. The summed E-state index contributed by atoms with van der Waals surface area (Å²) >= 11 is 0. The third-order valence-electron chi connectivity index (χ3n) is 6.22. The molecule has 2 aliphatic heterocycles. The molecule has 1 fully saturated rings. The number of anilines is 2. The number of ether oxygens (including phenoxy) is 1. The molecule has 0 aromatic heterocycles. The SMILES string of the molecule is CCOC(=O)c1ccc(NC(=O)C2CC(CC(C)C)NC23C(=O)Nc2ccc(F)cc23)cc1. The molecule has 2 aliphatic rings. The summed E-state index contributed by atoms with van der Waals surface area (Å²) in [5.41, 5.74) is 0.498. The number of nitrogens with one attached hydrogen (secondary N) is 3. The highest BCUT2D eigenvalue weighted by molar-refractivity contribution is 6.10. The van der Waals surface area contributed by atoms with Crippen molar-refractivity contribution in [1.82, 2.24) is 5.32 Å². The maximum atomic E-state index is 14.2. The number of halogens is 1. The van der Waals surface area contributed by atoms with Gasteiger partial charge in [-0.2, -0.15) is 0 Å². The van der Waals surface area contributed by atoms with E-state index in [0.717, 1.165) is 6.42 Å². The predicted molar refractivity (Wildman–Crippen MR) is 122 cm³/mol. The molecule has 0 aliphatic carbocycles. The van der Waals surface area contributed by atoms with Crippen LogP contribution in [0, 0.1) is 17.7 Å². The van der Waals surface area contributed by atoms with Gasteiger partial charge in [-0.3, -0.25) is 14.9 Å². The Morgan fingerprint density at radius 2 is 1.94 bits per heavy atom. The van der Waals surface area contributed by atoms with Gasteiger partial charge in [0.05, 0.1) is 18.1 Å². The number of carbonyl (C=O) groups excluding carboxylic acids is 3. The number of carbonyl (C=O) groups is 3. The molecule has 7 nitrogen and oxygen atoms in total. The highest BCUT2D eigenvalue weighted by atomic mass is 19.1. The first-order chi connectivity index (χ1) is 15.7. The first-order valence-electron chi connectivity index (χ1n) is 11.2. The van der Waals surface area contributed by atoms with Crippen LogP contribution in [0.2, 0.25) is 0 Å². The second-order valence-electron chi connectivity index (χ2n) is 9.00. The van der Waals surface area contributed by atoms with Gasteiger partial charge in [-0.1, -0.05) is 13.8 Å². The lowest BCUT2D eigenvalue weighted by Gasteiger charge is -2.29. The molecule has 2 heterocycles. The Labute approximate surface area is 192 Å². The molecule has 2 aromatic carbocycles. The smallest absolute Gasteiger partial charge is 0.338 e. The zero-order chi connectivity index (χ0) is 23.8. The Morgan fingerprint density at radius 3 is 2.61 bits per heavy atom. The van der Waals surface area contributed by atoms with E-state index in [9.17, 15) is 18.8 Å². The number of hydrogen-bond acceptors (Lipinski definition) is 5. The zero-order valence-corrected chi connectivity index (χ0v) is 18.9. The van der Waals surface area contributed by atoms with Crippen LogP contribution in [-0.4, -0.2) is 30.4 Å². The van der Waals surface area contributed by atoms with Crippen LogP contribution in [0.1, 0.15) is 49.5 Å². The third kappa shape index (κ3) is 4.23. The van der Waals surface area contributed by atoms with Crippen LogP contribution in [0.25, 0.3) is 0 Å². The van der Waals surface area contributed by atoms with Gasteiger partial charge in [-0.15, -0.1) is 0 Å². The van der Waals surface area contributed by atoms with Gasteiger partial charge < -0.3 is 15.4 Å². The Balaban J connectivity index is 1.63. The summed E-state index contributed by atoms with van der Waals surface area (Å²) in [7, 11) is 0. The summed E-state index contributed by atoms with van der Waals surface area (Å²) in [6, 6.07) is 10.4. The van der Waals surface area contributed by atoms with Gasteiger partial charge in [-0.25, -0.2) is 9.18 Å². The van der Waals surface area contributed by atoms with Crippen molar-refractivity contribution in [3.63, 3.8) is 0 Å². The van der Waals surface area contributed by atoms with Gasteiger partial charge in [0, 0.05) is 23.0 Å². The van der Waals surface area contributed by atoms with E-state index in [2.05, 4.69) is 29.8 Å². The van der Waals surface area contributed by atoms with Crippen molar-refractivity contribution in [1.29, 1.82) is 0 Å². The summed E-state index contributed by atoms with van der Waals surface area (Å²) in [6.45, 7) is 6.16. The average Bonchev–Trinajstić information content (AvgIpc) is 3.27. The van der Waals surface area contributed by atoms with Gasteiger partial charge >= 0.3 is 5.97 Å². The fraction of sp³-hybridized carbons (Fsp3) is 0.400. The van der Waals surface area contributed by atoms with Crippen LogP contribution >= 0.6 is 0 Å². The van der Waals surface area contributed by atoms with Crippen molar-refractivity contribution in [2.75, 3.05) is 17.2 Å². The van der Waals surface area contributed by atoms with Crippen molar-refractivity contribution < 1.29 is 23.5 Å². The Bertz CT molecular complexity index is 1090. The van der Waals surface area contributed by atoms with Crippen LogP contribution < -0.4 is 16.0 Å². The fourth-order valence-electron chi connectivity index (χ4n) is 4.89. The lowest BCUT2D eigenvalue weighted by atomic mass is 9.79. The second kappa shape index (κ2) is 8.94. The molecular formula is C25H28FN3O4. The molecule has 33 heavy (non-hydrogen) atoms. The summed E-state index contributed by atoms with van der Waals surface area (Å²) < 4.78 is 19.1. The number of rotatable bonds is 6. The van der Waals surface area contributed by atoms with Crippen LogP contribution in [0.5, 0.6) is 0 Å². The number of esters is 1. The Kier molecular flexibility index (Phi) is 6.21. The minimum absolute atomic E-state index is 0.0769. The molecule has 3 unspecified atom stereocenters. The Hall–Kier alpha value is -3.26. The monoisotopic (exact) mass is 453 g/mol. The van der Waals surface area contributed by atoms with Crippen molar-refractivity contribution in [3.05, 3.63) is 59.4 Å². The average molecular weight is 454 g/mol. The molecule has 8 heteroatoms. The van der Waals surface area contributed by atoms with E-state index >= 15 is 0 Å². The third-order valence-corrected chi connectivity index (χ3v) is 6.22. The molecular weight excluding hydrogens is 425 g/mol. The van der Waals surface area contributed by atoms with E-state index in [1.165, 1.54) is 18.2 Å². The first-order valence-corrected chi connectivity index (χ1v) is 11.2. The van der Waals surface area contributed by atoms with E-state index in [-0.39, 0.29) is 24.5 Å². The summed E-state index contributed by atoms with van der Waals surface area (Å²) in [4.78, 5) is 38.5. The van der Waals surface area contributed by atoms with Crippen molar-refractivity contribution in [2.24, 2.45) is 11.8 Å². The van der Waals surface area contributed by atoms with Crippen molar-refractivity contribution >= 4 is 29.2 Å². The van der Waals surface area contributed by atoms with Gasteiger partial charge in [0.2, 0.25) is 11.8 Å². The van der Waals surface area contributed by atoms with E-state index in [0.29, 0.717) is 34.8 Å². The second-order valence-corrected chi connectivity index (χ2v) is 9.00. The van der Waals surface area contributed by atoms with Crippen LogP contribution in [0.15, 0.2) is 42.5 Å². The summed E-state index contributed by atoms with van der Waals surface area (Å²) in [5.74, 6) is -1.99. The molecule has 1 spiro atoms. The van der Waals surface area contributed by atoms with Crippen molar-refractivity contribution in [3.8, 4) is 0 Å². The van der Waals surface area contributed by atoms with E-state index in [4.69, 9.17) is 4.74 Å². The number of amides is 2. The fourth-order valence-corrected chi connectivity index (χ4v) is 4.89. The largest absolute Gasteiger partial charge is 0.462 e. The van der Waals surface area contributed by atoms with Crippen LogP contribution in [0.4, 0.5) is 15.8 Å². The standard InChI is InChI=1S/C25H28FN3O4/c1-4-33-23(31)15-5-8-17(9-6-15)27-22(30)20-13-18(11-14(2)3)29-25(20)19-12-16(26)7-10-21(19)28-24(25)32/h5-10,12,14,18,20,29H,4,11,13H2,1-3H3,(H,27,30)(H,28,32). The minimum atomic E-state index is -1.34. The number of fused-ring (bicyclic) bond motifs is 2. The molecule has 3 N–H and O–H groups in total. The van der Waals surface area contributed by atoms with Gasteiger partial charge in [0.15, 0.2) is 0 Å². The highest BCUT2D eigenvalue weighted by Gasteiger charge is 2.60. The lowest BCUT2D eigenvalue weighted by molar-refractivity contribution is -0.130. The van der Waals surface area contributed by atoms with Crippen molar-refractivity contribution in [2.45, 2.75) is 45.2 Å². The topological polar surface area (TPSA) is 96.5 Å². The molecule has 4 rings (SSSR count). The molecule has 2 aromatic rings. The van der Waals surface area contributed by atoms with Crippen LogP contribution in [-0.2, 0) is 19.9 Å². The van der Waals surface area contributed by atoms with Gasteiger partial charge in [-0.05, 0) is 68.1 Å². The normalized spacial score (nSPS) is 23.5. The molecule has 2 amide bonds. The number of hydrogen-bond donors (Lipinski definition) is 3. The first kappa shape index (κ1) is 22.9. The zero-order valence-electron chi connectivity index (χ0n) is 18.9. The van der Waals surface area contributed by atoms with Crippen LogP contribution in [0.3, 0.4) is 0 Å². The van der Waals surface area contributed by atoms with Gasteiger partial charge in [0.1, 0.15) is 11.4 Å². The quantitative estimate of drug-likeness (QED) is 0.578. The van der Waals surface area contributed by atoms with E-state index < -0.39 is 23.2 Å². The van der Waals surface area contributed by atoms with E-state index in [1.54, 1.807) is 31.2 Å². The van der Waals surface area contributed by atoms with Gasteiger partial charge in [0.25, 0.3) is 0 Å². The molecule has 174 valence electrons. The molecule has 0 bridgehead atoms. The predicted octanol–water partition coefficient (Wildman–Crippen LogP) is 3.81. The molecule has 0 radical (unpaired) electrons. The summed E-state index contributed by atoms with van der Waals surface area (Å²) in [5, 5.41) is 9.07. The lowest BCUT2D eigenvalue weighted by Crippen LogP contribution is -2.52. The van der Waals surface area contributed by atoms with E-state index in [1.807, 2.05) is 0 Å². The minimum Gasteiger partial charge on any atom is -0.462 e. The molecule has 0 saturated carbocycles. The maximum absolute atomic E-state index is 14.2. The Morgan fingerprint density at radius 1 is 1.21 bits per heavy atom. The number of benzene rings is 2.